The summed E-state index contributed by atoms with van der Waals surface area (Å²) in [6, 6.07) is 8.98. The smallest absolute Gasteiger partial charge is 0.128 e. The third kappa shape index (κ3) is 3.42. The molecule has 0 aliphatic carbocycles. The molecular formula is C17H21FN2. The number of hydrogen-bond donors (Lipinski definition) is 1. The number of hydrogen-bond acceptors (Lipinski definition) is 2. The van der Waals surface area contributed by atoms with Crippen molar-refractivity contribution in [2.75, 3.05) is 6.54 Å². The molecule has 1 aromatic carbocycles. The van der Waals surface area contributed by atoms with Gasteiger partial charge in [0.05, 0.1) is 11.7 Å². The van der Waals surface area contributed by atoms with E-state index in [1.807, 2.05) is 32.0 Å². The summed E-state index contributed by atoms with van der Waals surface area (Å²) in [7, 11) is 0. The summed E-state index contributed by atoms with van der Waals surface area (Å²) >= 11 is 0. The van der Waals surface area contributed by atoms with Crippen molar-refractivity contribution in [3.8, 4) is 0 Å². The van der Waals surface area contributed by atoms with Crippen molar-refractivity contribution in [2.24, 2.45) is 0 Å². The van der Waals surface area contributed by atoms with E-state index in [1.54, 1.807) is 12.3 Å². The van der Waals surface area contributed by atoms with Crippen LogP contribution in [0.4, 0.5) is 4.39 Å². The van der Waals surface area contributed by atoms with Crippen molar-refractivity contribution in [1.29, 1.82) is 0 Å². The van der Waals surface area contributed by atoms with Crippen LogP contribution in [0.25, 0.3) is 0 Å². The Morgan fingerprint density at radius 3 is 2.60 bits per heavy atom. The Kier molecular flexibility index (Phi) is 4.85. The molecule has 0 radical (unpaired) electrons. The molecule has 1 aromatic heterocycles. The first-order valence-electron chi connectivity index (χ1n) is 7.03. The minimum absolute atomic E-state index is 0.187. The second-order valence-corrected chi connectivity index (χ2v) is 5.17. The highest BCUT2D eigenvalue weighted by Gasteiger charge is 2.18. The van der Waals surface area contributed by atoms with Crippen LogP contribution < -0.4 is 5.32 Å². The fourth-order valence-electron chi connectivity index (χ4n) is 2.26. The minimum atomic E-state index is -0.199. The lowest BCUT2D eigenvalue weighted by Crippen LogP contribution is -2.25. The number of rotatable bonds is 5. The zero-order chi connectivity index (χ0) is 14.5. The Morgan fingerprint density at radius 2 is 1.90 bits per heavy atom. The van der Waals surface area contributed by atoms with Crippen LogP contribution in [0.1, 0.15) is 41.8 Å². The van der Waals surface area contributed by atoms with Gasteiger partial charge in [0.1, 0.15) is 5.82 Å². The first kappa shape index (κ1) is 14.7. The fourth-order valence-corrected chi connectivity index (χ4v) is 2.26. The van der Waals surface area contributed by atoms with Crippen LogP contribution in [0, 0.1) is 19.7 Å². The Labute approximate surface area is 120 Å². The predicted molar refractivity (Wildman–Crippen MR) is 80.2 cm³/mol. The van der Waals surface area contributed by atoms with Crippen LogP contribution in [0.2, 0.25) is 0 Å². The van der Waals surface area contributed by atoms with E-state index in [-0.39, 0.29) is 11.9 Å². The summed E-state index contributed by atoms with van der Waals surface area (Å²) < 4.78 is 14.2. The van der Waals surface area contributed by atoms with Crippen LogP contribution in [0.3, 0.4) is 0 Å². The highest BCUT2D eigenvalue weighted by atomic mass is 19.1. The molecule has 0 saturated heterocycles. The molecule has 0 bridgehead atoms. The molecule has 0 fully saturated rings. The van der Waals surface area contributed by atoms with E-state index in [0.717, 1.165) is 29.8 Å². The van der Waals surface area contributed by atoms with Gasteiger partial charge in [-0.3, -0.25) is 4.98 Å². The van der Waals surface area contributed by atoms with E-state index in [4.69, 9.17) is 0 Å². The van der Waals surface area contributed by atoms with Crippen molar-refractivity contribution < 1.29 is 4.39 Å². The number of pyridine rings is 1. The molecule has 0 amide bonds. The van der Waals surface area contributed by atoms with E-state index in [1.165, 1.54) is 6.07 Å². The average Bonchev–Trinajstić information content (AvgIpc) is 2.43. The zero-order valence-corrected chi connectivity index (χ0v) is 12.3. The highest BCUT2D eigenvalue weighted by Crippen LogP contribution is 2.24. The zero-order valence-electron chi connectivity index (χ0n) is 12.3. The van der Waals surface area contributed by atoms with Gasteiger partial charge in [0.25, 0.3) is 0 Å². The van der Waals surface area contributed by atoms with Crippen LogP contribution in [0.5, 0.6) is 0 Å². The molecular weight excluding hydrogens is 251 g/mol. The first-order chi connectivity index (χ1) is 9.61. The average molecular weight is 272 g/mol. The lowest BCUT2D eigenvalue weighted by atomic mass is 9.99. The molecule has 20 heavy (non-hydrogen) atoms. The standard InChI is InChI=1S/C17H21FN2/c1-4-8-20-17(16-11-13(3)7-9-19-16)14-10-12(2)5-6-15(14)18/h5-7,9-11,17,20H,4,8H2,1-3H3. The van der Waals surface area contributed by atoms with Crippen molar-refractivity contribution in [3.05, 3.63) is 64.7 Å². The summed E-state index contributed by atoms with van der Waals surface area (Å²) in [5.41, 5.74) is 3.71. The summed E-state index contributed by atoms with van der Waals surface area (Å²) in [6.07, 6.45) is 2.77. The highest BCUT2D eigenvalue weighted by molar-refractivity contribution is 5.33. The topological polar surface area (TPSA) is 24.9 Å². The van der Waals surface area contributed by atoms with Crippen molar-refractivity contribution in [3.63, 3.8) is 0 Å². The number of benzene rings is 1. The molecule has 1 atom stereocenters. The van der Waals surface area contributed by atoms with E-state index < -0.39 is 0 Å². The van der Waals surface area contributed by atoms with Crippen LogP contribution in [-0.4, -0.2) is 11.5 Å². The maximum atomic E-state index is 14.2. The van der Waals surface area contributed by atoms with E-state index in [2.05, 4.69) is 17.2 Å². The molecule has 2 nitrogen and oxygen atoms in total. The van der Waals surface area contributed by atoms with Gasteiger partial charge in [-0.05, 0) is 50.6 Å². The second kappa shape index (κ2) is 6.62. The van der Waals surface area contributed by atoms with Gasteiger partial charge in [-0.2, -0.15) is 0 Å². The van der Waals surface area contributed by atoms with E-state index in [0.29, 0.717) is 5.56 Å². The quantitative estimate of drug-likeness (QED) is 0.892. The van der Waals surface area contributed by atoms with Crippen molar-refractivity contribution in [1.82, 2.24) is 10.3 Å². The third-order valence-electron chi connectivity index (χ3n) is 3.29. The molecule has 1 heterocycles. The molecule has 0 aliphatic heterocycles. The maximum absolute atomic E-state index is 14.2. The molecule has 2 aromatic rings. The Bertz CT molecular complexity index is 581. The largest absolute Gasteiger partial charge is 0.305 e. The number of aromatic nitrogens is 1. The molecule has 1 N–H and O–H groups in total. The Balaban J connectivity index is 2.44. The maximum Gasteiger partial charge on any atom is 0.128 e. The third-order valence-corrected chi connectivity index (χ3v) is 3.29. The molecule has 3 heteroatoms. The van der Waals surface area contributed by atoms with Crippen LogP contribution in [-0.2, 0) is 0 Å². The van der Waals surface area contributed by atoms with Gasteiger partial charge in [0, 0.05) is 11.8 Å². The molecule has 0 aliphatic rings. The second-order valence-electron chi connectivity index (χ2n) is 5.17. The number of nitrogens with zero attached hydrogens (tertiary/aromatic N) is 1. The van der Waals surface area contributed by atoms with E-state index >= 15 is 0 Å². The molecule has 0 saturated carbocycles. The van der Waals surface area contributed by atoms with Crippen molar-refractivity contribution in [2.45, 2.75) is 33.2 Å². The molecule has 2 rings (SSSR count). The van der Waals surface area contributed by atoms with Gasteiger partial charge in [-0.25, -0.2) is 4.39 Å². The fraction of sp³-hybridized carbons (Fsp3) is 0.353. The first-order valence-corrected chi connectivity index (χ1v) is 7.03. The van der Waals surface area contributed by atoms with Gasteiger partial charge in [-0.1, -0.05) is 24.6 Å². The summed E-state index contributed by atoms with van der Waals surface area (Å²) in [6.45, 7) is 6.92. The molecule has 1 unspecified atom stereocenters. The summed E-state index contributed by atoms with van der Waals surface area (Å²) in [5, 5.41) is 3.39. The Morgan fingerprint density at radius 1 is 1.15 bits per heavy atom. The molecule has 106 valence electrons. The van der Waals surface area contributed by atoms with Crippen LogP contribution in [0.15, 0.2) is 36.5 Å². The summed E-state index contributed by atoms with van der Waals surface area (Å²) in [4.78, 5) is 4.41. The minimum Gasteiger partial charge on any atom is -0.305 e. The van der Waals surface area contributed by atoms with Crippen LogP contribution >= 0.6 is 0 Å². The Hall–Kier alpha value is -1.74. The predicted octanol–water partition coefficient (Wildman–Crippen LogP) is 3.93. The number of nitrogens with one attached hydrogen (secondary N) is 1. The number of aryl methyl sites for hydroxylation is 2. The van der Waals surface area contributed by atoms with Gasteiger partial charge >= 0.3 is 0 Å². The van der Waals surface area contributed by atoms with Crippen molar-refractivity contribution >= 4 is 0 Å². The van der Waals surface area contributed by atoms with Gasteiger partial charge < -0.3 is 5.32 Å². The van der Waals surface area contributed by atoms with Gasteiger partial charge in [0.15, 0.2) is 0 Å². The number of halogens is 1. The summed E-state index contributed by atoms with van der Waals surface area (Å²) in [5.74, 6) is -0.187. The molecule has 0 spiro atoms. The lowest BCUT2D eigenvalue weighted by molar-refractivity contribution is 0.538. The van der Waals surface area contributed by atoms with Gasteiger partial charge in [0.2, 0.25) is 0 Å². The lowest BCUT2D eigenvalue weighted by Gasteiger charge is -2.20. The normalized spacial score (nSPS) is 12.4. The van der Waals surface area contributed by atoms with Gasteiger partial charge in [-0.15, -0.1) is 0 Å². The van der Waals surface area contributed by atoms with E-state index in [9.17, 15) is 4.39 Å². The monoisotopic (exact) mass is 272 g/mol. The SMILES string of the molecule is CCCNC(c1cc(C)ccn1)c1cc(C)ccc1F.